The molecular formula is C21H31Hf-7. The minimum Gasteiger partial charge on any atom is -0.358 e. The molecule has 1 heteroatoms. The number of hydrogen-bond donors (Lipinski definition) is 0. The van der Waals surface area contributed by atoms with Gasteiger partial charge in [-0.1, -0.05) is 37.5 Å². The standard InChI is InChI=1S/C11H11.C5H5.5CH3.Hf/c1-2-9-7-8-10-5-3-4-6-11(9)10;1-2-4-5-3-1;;;;;;/h3-6,8-9H,2H2,1H3;1-5H;5*1H3;/q7*-1;. The number of allylic oxidation sites excluding steroid dienone is 1. The van der Waals surface area contributed by atoms with E-state index in [0.717, 1.165) is 6.42 Å². The summed E-state index contributed by atoms with van der Waals surface area (Å²) in [6, 6.07) is 18.5. The molecule has 126 valence electrons. The maximum atomic E-state index is 3.35. The summed E-state index contributed by atoms with van der Waals surface area (Å²) in [5.41, 5.74) is 2.79. The molecule has 0 nitrogen and oxygen atoms in total. The smallest absolute Gasteiger partial charge is 0 e. The van der Waals surface area contributed by atoms with Gasteiger partial charge in [-0.25, -0.2) is 18.2 Å². The first kappa shape index (κ1) is 32.9. The van der Waals surface area contributed by atoms with Gasteiger partial charge in [0.15, 0.2) is 0 Å². The molecule has 0 aliphatic heterocycles. The van der Waals surface area contributed by atoms with Crippen molar-refractivity contribution in [3.05, 3.63) is 109 Å². The van der Waals surface area contributed by atoms with E-state index in [2.05, 4.69) is 43.3 Å². The summed E-state index contributed by atoms with van der Waals surface area (Å²) in [5, 5.41) is 0. The van der Waals surface area contributed by atoms with E-state index < -0.39 is 0 Å². The first-order valence-corrected chi connectivity index (χ1v) is 5.76. The summed E-state index contributed by atoms with van der Waals surface area (Å²) in [4.78, 5) is 0. The van der Waals surface area contributed by atoms with Crippen molar-refractivity contribution >= 4 is 6.08 Å². The van der Waals surface area contributed by atoms with Crippen LogP contribution in [-0.2, 0) is 25.8 Å². The molecule has 0 N–H and O–H groups in total. The van der Waals surface area contributed by atoms with Crippen LogP contribution in [0.3, 0.4) is 0 Å². The van der Waals surface area contributed by atoms with Crippen molar-refractivity contribution < 1.29 is 25.8 Å². The molecule has 2 aromatic carbocycles. The number of benzene rings is 1. The van der Waals surface area contributed by atoms with E-state index in [4.69, 9.17) is 0 Å². The van der Waals surface area contributed by atoms with Gasteiger partial charge in [0.25, 0.3) is 0 Å². The number of hydrogen-bond acceptors (Lipinski definition) is 0. The fourth-order valence-corrected chi connectivity index (χ4v) is 1.90. The Morgan fingerprint density at radius 1 is 0.909 bits per heavy atom. The molecule has 0 bridgehead atoms. The van der Waals surface area contributed by atoms with E-state index in [1.54, 1.807) is 0 Å². The maximum Gasteiger partial charge on any atom is 0 e. The number of fused-ring (bicyclic) bond motifs is 1. The van der Waals surface area contributed by atoms with Gasteiger partial charge in [0.1, 0.15) is 0 Å². The van der Waals surface area contributed by atoms with Crippen LogP contribution in [0.1, 0.15) is 30.4 Å². The zero-order valence-electron chi connectivity index (χ0n) is 15.1. The molecule has 3 rings (SSSR count). The minimum absolute atomic E-state index is 0. The number of rotatable bonds is 1. The third kappa shape index (κ3) is 9.25. The summed E-state index contributed by atoms with van der Waals surface area (Å²) in [5.74, 6) is 0.547. The fourth-order valence-electron chi connectivity index (χ4n) is 1.90. The predicted molar refractivity (Wildman–Crippen MR) is 101 cm³/mol. The maximum absolute atomic E-state index is 3.35. The van der Waals surface area contributed by atoms with Crippen LogP contribution < -0.4 is 0 Å². The zero-order chi connectivity index (χ0) is 11.2. The van der Waals surface area contributed by atoms with Gasteiger partial charge in [-0.15, -0.1) is 11.6 Å². The van der Waals surface area contributed by atoms with Crippen LogP contribution in [-0.4, -0.2) is 0 Å². The fraction of sp³-hybridized carbons (Fsp3) is 0.143. The Kier molecular flexibility index (Phi) is 27.3. The molecule has 0 aromatic heterocycles. The Morgan fingerprint density at radius 2 is 1.45 bits per heavy atom. The third-order valence-corrected chi connectivity index (χ3v) is 2.78. The molecule has 0 saturated heterocycles. The molecule has 0 fully saturated rings. The molecule has 0 radical (unpaired) electrons. The molecule has 0 spiro atoms. The van der Waals surface area contributed by atoms with E-state index in [1.807, 2.05) is 30.3 Å². The van der Waals surface area contributed by atoms with Gasteiger partial charge in [0.2, 0.25) is 0 Å². The van der Waals surface area contributed by atoms with Crippen molar-refractivity contribution in [2.45, 2.75) is 19.3 Å². The van der Waals surface area contributed by atoms with Crippen LogP contribution in [0.4, 0.5) is 0 Å². The van der Waals surface area contributed by atoms with Crippen LogP contribution in [0.25, 0.3) is 6.08 Å². The molecule has 1 aliphatic rings. The average molecular weight is 462 g/mol. The first-order chi connectivity index (χ1) is 7.92. The minimum atomic E-state index is 0. The van der Waals surface area contributed by atoms with Crippen molar-refractivity contribution in [2.24, 2.45) is 0 Å². The van der Waals surface area contributed by atoms with Gasteiger partial charge in [-0.3, -0.25) is 6.08 Å². The zero-order valence-corrected chi connectivity index (χ0v) is 18.7. The quantitative estimate of drug-likeness (QED) is 0.329. The molecule has 1 aliphatic carbocycles. The Hall–Kier alpha value is -0.820. The molecular weight excluding hydrogens is 431 g/mol. The molecule has 1 unspecified atom stereocenters. The molecule has 2 aromatic rings. The van der Waals surface area contributed by atoms with Crippen LogP contribution in [0.15, 0.2) is 54.6 Å². The molecule has 0 saturated carbocycles. The molecule has 22 heavy (non-hydrogen) atoms. The normalized spacial score (nSPS) is 12.0. The van der Waals surface area contributed by atoms with Crippen LogP contribution in [0.5, 0.6) is 0 Å². The topological polar surface area (TPSA) is 0 Å². The van der Waals surface area contributed by atoms with Gasteiger partial charge in [-0.2, -0.15) is 23.8 Å². The summed E-state index contributed by atoms with van der Waals surface area (Å²) < 4.78 is 0. The average Bonchev–Trinajstić information content (AvgIpc) is 3.02. The summed E-state index contributed by atoms with van der Waals surface area (Å²) in [6.07, 6.45) is 6.61. The molecule has 1 atom stereocenters. The first-order valence-electron chi connectivity index (χ1n) is 5.76. The van der Waals surface area contributed by atoms with Crippen molar-refractivity contribution in [1.82, 2.24) is 0 Å². The van der Waals surface area contributed by atoms with E-state index in [1.165, 1.54) is 11.1 Å². The van der Waals surface area contributed by atoms with E-state index in [9.17, 15) is 0 Å². The Balaban J connectivity index is -0.0000000785. The summed E-state index contributed by atoms with van der Waals surface area (Å²) >= 11 is 0. The second kappa shape index (κ2) is 18.2. The van der Waals surface area contributed by atoms with Crippen molar-refractivity contribution in [3.63, 3.8) is 0 Å². The second-order valence-corrected chi connectivity index (χ2v) is 3.86. The van der Waals surface area contributed by atoms with E-state index >= 15 is 0 Å². The van der Waals surface area contributed by atoms with Crippen molar-refractivity contribution in [2.75, 3.05) is 0 Å². The van der Waals surface area contributed by atoms with Crippen molar-refractivity contribution in [1.29, 1.82) is 0 Å². The van der Waals surface area contributed by atoms with Gasteiger partial charge in [0, 0.05) is 25.8 Å². The Bertz CT molecular complexity index is 423. The van der Waals surface area contributed by atoms with Gasteiger partial charge >= 0.3 is 0 Å². The molecule has 0 heterocycles. The van der Waals surface area contributed by atoms with E-state index in [0.29, 0.717) is 5.92 Å². The van der Waals surface area contributed by atoms with Gasteiger partial charge < -0.3 is 37.1 Å². The van der Waals surface area contributed by atoms with Crippen LogP contribution in [0.2, 0.25) is 0 Å². The summed E-state index contributed by atoms with van der Waals surface area (Å²) in [6.45, 7) is 2.20. The largest absolute Gasteiger partial charge is 0.358 e. The van der Waals surface area contributed by atoms with Crippen LogP contribution >= 0.6 is 0 Å². The third-order valence-electron chi connectivity index (χ3n) is 2.78. The van der Waals surface area contributed by atoms with Gasteiger partial charge in [-0.05, 0) is 0 Å². The SMILES string of the molecule is CCC1[C-]=Cc2ccccc21.[CH3-].[CH3-].[CH3-].[CH3-].[CH3-].[Hf].c1cc[cH-]c1. The van der Waals surface area contributed by atoms with E-state index in [-0.39, 0.29) is 63.0 Å². The van der Waals surface area contributed by atoms with Gasteiger partial charge in [0.05, 0.1) is 0 Å². The monoisotopic (exact) mass is 463 g/mol. The van der Waals surface area contributed by atoms with Crippen molar-refractivity contribution in [3.8, 4) is 0 Å². The summed E-state index contributed by atoms with van der Waals surface area (Å²) in [7, 11) is 0. The second-order valence-electron chi connectivity index (χ2n) is 3.86. The predicted octanol–water partition coefficient (Wildman–Crippen LogP) is 6.66. The Labute approximate surface area is 159 Å². The Morgan fingerprint density at radius 3 is 1.91 bits per heavy atom. The van der Waals surface area contributed by atoms with Crippen LogP contribution in [0, 0.1) is 43.2 Å². The molecule has 0 amide bonds.